The number of aliphatic carboxylic acids is 1. The zero-order valence-electron chi connectivity index (χ0n) is 25.9. The number of Topliss-reactive ketones (excluding diaryl/α,β-unsaturated/α-hetero) is 1. The van der Waals surface area contributed by atoms with Crippen molar-refractivity contribution in [3.8, 4) is 0 Å². The lowest BCUT2D eigenvalue weighted by atomic mass is 9.73. The van der Waals surface area contributed by atoms with Crippen molar-refractivity contribution in [2.75, 3.05) is 6.61 Å². The maximum absolute atomic E-state index is 13.5. The van der Waals surface area contributed by atoms with Gasteiger partial charge >= 0.3 is 12.1 Å². The van der Waals surface area contributed by atoms with Crippen LogP contribution >= 0.6 is 46.1 Å². The van der Waals surface area contributed by atoms with E-state index in [2.05, 4.69) is 11.1 Å². The van der Waals surface area contributed by atoms with Crippen molar-refractivity contribution in [1.82, 2.24) is 4.98 Å². The van der Waals surface area contributed by atoms with Crippen molar-refractivity contribution in [3.05, 3.63) is 33.3 Å². The molecular weight excluding hydrogens is 639 g/mol. The monoisotopic (exact) mass is 682 g/mol. The number of halogens is 3. The van der Waals surface area contributed by atoms with E-state index in [1.165, 1.54) is 13.8 Å². The van der Waals surface area contributed by atoms with Crippen molar-refractivity contribution < 1.29 is 34.1 Å². The molecule has 0 bridgehead atoms. The summed E-state index contributed by atoms with van der Waals surface area (Å²) in [6, 6.07) is -0.140. The van der Waals surface area contributed by atoms with E-state index in [4.69, 9.17) is 55.1 Å². The van der Waals surface area contributed by atoms with Gasteiger partial charge in [-0.25, -0.2) is 9.78 Å². The van der Waals surface area contributed by atoms with Gasteiger partial charge in [-0.15, -0.1) is 11.3 Å². The van der Waals surface area contributed by atoms with Crippen LogP contribution < -0.4 is 5.73 Å². The lowest BCUT2D eigenvalue weighted by Gasteiger charge is -2.35. The number of carboxylic acids is 1. The summed E-state index contributed by atoms with van der Waals surface area (Å²) in [5.41, 5.74) is 8.06. The van der Waals surface area contributed by atoms with E-state index in [0.717, 1.165) is 34.7 Å². The molecular formula is C30H45Cl3N2O7S. The Bertz CT molecular complexity index is 1150. The highest BCUT2D eigenvalue weighted by Crippen LogP contribution is 2.34. The van der Waals surface area contributed by atoms with Crippen molar-refractivity contribution in [3.63, 3.8) is 0 Å². The van der Waals surface area contributed by atoms with E-state index in [-0.39, 0.29) is 12.0 Å². The molecule has 0 saturated carbocycles. The van der Waals surface area contributed by atoms with E-state index in [0.29, 0.717) is 12.8 Å². The molecule has 5 atom stereocenters. The summed E-state index contributed by atoms with van der Waals surface area (Å²) in [7, 11) is 0. The van der Waals surface area contributed by atoms with Crippen LogP contribution in [0, 0.1) is 24.2 Å². The van der Waals surface area contributed by atoms with Gasteiger partial charge in [0.25, 0.3) is 0 Å². The molecule has 13 heteroatoms. The average molecular weight is 684 g/mol. The number of hydrogen-bond donors (Lipinski definition) is 3. The Balaban J connectivity index is 2.91. The molecule has 0 aliphatic heterocycles. The number of aliphatic hydroxyl groups excluding tert-OH is 1. The fraction of sp³-hybridized carbons (Fsp3) is 0.667. The third-order valence-corrected chi connectivity index (χ3v) is 8.56. The Hall–Kier alpha value is -1.69. The van der Waals surface area contributed by atoms with E-state index < -0.39 is 58.3 Å². The molecule has 0 spiro atoms. The molecule has 3 unspecified atom stereocenters. The van der Waals surface area contributed by atoms with Crippen LogP contribution in [0.1, 0.15) is 84.3 Å². The molecule has 1 aromatic heterocycles. The highest BCUT2D eigenvalue weighted by Gasteiger charge is 2.43. The molecule has 0 saturated heterocycles. The van der Waals surface area contributed by atoms with Crippen LogP contribution in [-0.4, -0.2) is 61.8 Å². The van der Waals surface area contributed by atoms with Crippen LogP contribution in [0.2, 0.25) is 0 Å². The van der Waals surface area contributed by atoms with Crippen LogP contribution in [0.3, 0.4) is 0 Å². The van der Waals surface area contributed by atoms with Gasteiger partial charge in [-0.2, -0.15) is 0 Å². The third-order valence-electron chi connectivity index (χ3n) is 7.44. The Kier molecular flexibility index (Phi) is 16.2. The van der Waals surface area contributed by atoms with Crippen molar-refractivity contribution in [1.29, 1.82) is 0 Å². The first-order valence-electron chi connectivity index (χ1n) is 14.1. The first-order valence-corrected chi connectivity index (χ1v) is 16.1. The molecule has 0 radical (unpaired) electrons. The quantitative estimate of drug-likeness (QED) is 0.0874. The SMILES string of the molecule is C/C(=C/C[C@H](N)/C(C)=C/c1csc(C)n1)CCCC(C)[C@H](OC(=O)OCC(Cl)(Cl)Cl)C(C)C(=O)C(C)(C)C(O)CC(=O)O. The number of carbonyl (C=O) groups excluding carboxylic acids is 2. The highest BCUT2D eigenvalue weighted by atomic mass is 35.6. The van der Waals surface area contributed by atoms with Crippen molar-refractivity contribution in [2.24, 2.45) is 23.0 Å². The highest BCUT2D eigenvalue weighted by molar-refractivity contribution is 7.09. The lowest BCUT2D eigenvalue weighted by Crippen LogP contribution is -2.46. The number of aryl methyl sites for hydroxylation is 1. The summed E-state index contributed by atoms with van der Waals surface area (Å²) in [6.45, 7) is 11.8. The predicted octanol–water partition coefficient (Wildman–Crippen LogP) is 7.28. The molecule has 0 aliphatic rings. The van der Waals surface area contributed by atoms with Crippen molar-refractivity contribution >= 4 is 70.1 Å². The summed E-state index contributed by atoms with van der Waals surface area (Å²) in [5, 5.41) is 22.5. The number of thiazole rings is 1. The maximum atomic E-state index is 13.5. The number of carboxylic acid groups (broad SMARTS) is 1. The fourth-order valence-corrected chi connectivity index (χ4v) is 5.32. The second-order valence-electron chi connectivity index (χ2n) is 11.7. The summed E-state index contributed by atoms with van der Waals surface area (Å²) in [6.07, 6.45) is 2.80. The molecule has 1 aromatic rings. The molecule has 1 heterocycles. The Morgan fingerprint density at radius 3 is 2.35 bits per heavy atom. The molecule has 9 nitrogen and oxygen atoms in total. The molecule has 4 N–H and O–H groups in total. The number of hydrogen-bond acceptors (Lipinski definition) is 9. The normalized spacial score (nSPS) is 16.7. The van der Waals surface area contributed by atoms with Gasteiger partial charge in [0.2, 0.25) is 3.79 Å². The van der Waals surface area contributed by atoms with E-state index >= 15 is 0 Å². The standard InChI is InChI=1S/C30H45Cl3N2O7S/c1-17(11-12-23(34)19(3)13-22-15-43-21(5)35-22)9-8-10-18(2)26(42-28(40)41-16-30(31,32)33)20(4)27(39)29(6,7)24(36)14-25(37)38/h11,13,15,18,20,23-24,26,36H,8-10,12,14,16,34H2,1-7H3,(H,37,38)/b17-11-,19-13+/t18?,20?,23-,24?,26-/m0/s1. The number of aromatic nitrogens is 1. The van der Waals surface area contributed by atoms with Gasteiger partial charge in [-0.1, -0.05) is 79.7 Å². The average Bonchev–Trinajstić information content (AvgIpc) is 3.31. The molecule has 0 aliphatic carbocycles. The lowest BCUT2D eigenvalue weighted by molar-refractivity contribution is -0.147. The molecule has 0 aromatic carbocycles. The molecule has 0 amide bonds. The van der Waals surface area contributed by atoms with Crippen LogP contribution in [0.25, 0.3) is 6.08 Å². The number of carbonyl (C=O) groups is 3. The number of nitrogens with zero attached hydrogens (tertiary/aromatic N) is 1. The number of rotatable bonds is 17. The van der Waals surface area contributed by atoms with Gasteiger partial charge in [0.1, 0.15) is 18.5 Å². The van der Waals surface area contributed by atoms with Crippen LogP contribution in [-0.2, 0) is 19.1 Å². The molecule has 244 valence electrons. The zero-order chi connectivity index (χ0) is 33.1. The Morgan fingerprint density at radius 2 is 1.81 bits per heavy atom. The maximum Gasteiger partial charge on any atom is 0.508 e. The number of alkyl halides is 3. The number of nitrogens with two attached hydrogens (primary N) is 1. The van der Waals surface area contributed by atoms with E-state index in [9.17, 15) is 19.5 Å². The fourth-order valence-electron chi connectivity index (χ4n) is 4.59. The minimum atomic E-state index is -1.84. The van der Waals surface area contributed by atoms with E-state index in [1.54, 1.807) is 18.3 Å². The van der Waals surface area contributed by atoms with Crippen LogP contribution in [0.15, 0.2) is 22.6 Å². The van der Waals surface area contributed by atoms with Crippen molar-refractivity contribution in [2.45, 2.75) is 103 Å². The van der Waals surface area contributed by atoms with Crippen LogP contribution in [0.5, 0.6) is 0 Å². The minimum Gasteiger partial charge on any atom is -0.481 e. The molecule has 43 heavy (non-hydrogen) atoms. The van der Waals surface area contributed by atoms with Gasteiger partial charge in [-0.05, 0) is 58.4 Å². The summed E-state index contributed by atoms with van der Waals surface area (Å²) in [5.74, 6) is -2.87. The topological polar surface area (TPSA) is 149 Å². The minimum absolute atomic E-state index is 0.140. The number of allylic oxidation sites excluding steroid dienone is 1. The van der Waals surface area contributed by atoms with Crippen LogP contribution in [0.4, 0.5) is 4.79 Å². The third kappa shape index (κ3) is 14.3. The number of ketones is 1. The first kappa shape index (κ1) is 39.3. The summed E-state index contributed by atoms with van der Waals surface area (Å²) in [4.78, 5) is 41.5. The Labute approximate surface area is 273 Å². The second kappa shape index (κ2) is 17.7. The first-order chi connectivity index (χ1) is 19.7. The van der Waals surface area contributed by atoms with E-state index in [1.807, 2.05) is 39.2 Å². The summed E-state index contributed by atoms with van der Waals surface area (Å²) >= 11 is 18.6. The second-order valence-corrected chi connectivity index (χ2v) is 15.2. The largest absolute Gasteiger partial charge is 0.508 e. The number of ether oxygens (including phenoxy) is 2. The Morgan fingerprint density at radius 1 is 1.19 bits per heavy atom. The van der Waals surface area contributed by atoms with Gasteiger partial charge in [0.15, 0.2) is 0 Å². The predicted molar refractivity (Wildman–Crippen MR) is 173 cm³/mol. The number of aliphatic hydroxyl groups is 1. The molecule has 0 fully saturated rings. The zero-order valence-corrected chi connectivity index (χ0v) is 28.9. The smallest absolute Gasteiger partial charge is 0.481 e. The van der Waals surface area contributed by atoms with Gasteiger partial charge in [0.05, 0.1) is 34.6 Å². The molecule has 1 rings (SSSR count). The van der Waals surface area contributed by atoms with Gasteiger partial charge < -0.3 is 25.4 Å². The van der Waals surface area contributed by atoms with Gasteiger partial charge in [-0.3, -0.25) is 9.59 Å². The summed E-state index contributed by atoms with van der Waals surface area (Å²) < 4.78 is 8.65. The van der Waals surface area contributed by atoms with Gasteiger partial charge in [0, 0.05) is 11.4 Å².